The molecule has 0 spiro atoms. The van der Waals surface area contributed by atoms with Crippen molar-refractivity contribution >= 4 is 44.4 Å². The van der Waals surface area contributed by atoms with Gasteiger partial charge in [-0.1, -0.05) is 37.3 Å². The summed E-state index contributed by atoms with van der Waals surface area (Å²) in [6.07, 6.45) is 3.13. The van der Waals surface area contributed by atoms with Gasteiger partial charge in [-0.2, -0.15) is 9.67 Å². The molecule has 1 amide bonds. The topological polar surface area (TPSA) is 144 Å². The molecule has 4 rings (SSSR count). The van der Waals surface area contributed by atoms with Gasteiger partial charge in [0.2, 0.25) is 21.9 Å². The van der Waals surface area contributed by atoms with E-state index in [4.69, 9.17) is 0 Å². The number of amides is 1. The van der Waals surface area contributed by atoms with Crippen LogP contribution in [-0.4, -0.2) is 45.5 Å². The lowest BCUT2D eigenvalue weighted by atomic mass is 10.1. The van der Waals surface area contributed by atoms with Crippen LogP contribution in [0, 0.1) is 5.92 Å². The van der Waals surface area contributed by atoms with Gasteiger partial charge >= 0.3 is 0 Å². The number of aromatic nitrogens is 5. The van der Waals surface area contributed by atoms with Crippen molar-refractivity contribution in [1.29, 1.82) is 0 Å². The Balaban J connectivity index is 1.55. The summed E-state index contributed by atoms with van der Waals surface area (Å²) in [4.78, 5) is 20.8. The van der Waals surface area contributed by atoms with Crippen molar-refractivity contribution in [2.24, 2.45) is 5.92 Å². The Morgan fingerprint density at radius 3 is 2.63 bits per heavy atom. The van der Waals surface area contributed by atoms with Crippen molar-refractivity contribution in [3.8, 4) is 5.69 Å². The first kappa shape index (κ1) is 24.1. The predicted molar refractivity (Wildman–Crippen MR) is 134 cm³/mol. The molecule has 11 nitrogen and oxygen atoms in total. The Morgan fingerprint density at radius 2 is 1.86 bits per heavy atom. The van der Waals surface area contributed by atoms with Crippen LogP contribution in [0.4, 0.5) is 17.3 Å². The summed E-state index contributed by atoms with van der Waals surface area (Å²) in [5.74, 6) is 0.606. The van der Waals surface area contributed by atoms with E-state index in [1.807, 2.05) is 38.1 Å². The van der Waals surface area contributed by atoms with Gasteiger partial charge in [-0.05, 0) is 41.8 Å². The predicted octanol–water partition coefficient (Wildman–Crippen LogP) is 2.99. The van der Waals surface area contributed by atoms with Crippen molar-refractivity contribution in [1.82, 2.24) is 30.3 Å². The van der Waals surface area contributed by atoms with Crippen molar-refractivity contribution in [2.75, 3.05) is 16.3 Å². The molecule has 182 valence electrons. The van der Waals surface area contributed by atoms with Crippen molar-refractivity contribution in [3.63, 3.8) is 0 Å². The molecule has 0 aliphatic carbocycles. The lowest BCUT2D eigenvalue weighted by Crippen LogP contribution is -2.23. The van der Waals surface area contributed by atoms with E-state index in [1.54, 1.807) is 35.1 Å². The lowest BCUT2D eigenvalue weighted by molar-refractivity contribution is -0.121. The lowest BCUT2D eigenvalue weighted by Gasteiger charge is -2.09. The van der Waals surface area contributed by atoms with Crippen molar-refractivity contribution in [2.45, 2.75) is 26.8 Å². The Bertz CT molecular complexity index is 1470. The second-order valence-electron chi connectivity index (χ2n) is 8.53. The molecular weight excluding hydrogens is 468 g/mol. The van der Waals surface area contributed by atoms with E-state index in [2.05, 4.69) is 35.6 Å². The number of hydrogen-bond donors (Lipinski definition) is 3. The number of benzene rings is 2. The third-order valence-corrected chi connectivity index (χ3v) is 5.46. The summed E-state index contributed by atoms with van der Waals surface area (Å²) < 4.78 is 27.0. The molecule has 0 unspecified atom stereocenters. The van der Waals surface area contributed by atoms with Crippen LogP contribution in [-0.2, 0) is 21.4 Å². The molecule has 3 N–H and O–H groups in total. The Kier molecular flexibility index (Phi) is 6.92. The van der Waals surface area contributed by atoms with Crippen LogP contribution < -0.4 is 15.4 Å². The summed E-state index contributed by atoms with van der Waals surface area (Å²) >= 11 is 0. The second-order valence-corrected chi connectivity index (χ2v) is 10.3. The molecule has 0 bridgehead atoms. The van der Waals surface area contributed by atoms with Crippen LogP contribution in [0.5, 0.6) is 0 Å². The Labute approximate surface area is 203 Å². The van der Waals surface area contributed by atoms with Gasteiger partial charge in [0.1, 0.15) is 0 Å². The molecule has 0 fully saturated rings. The molecule has 0 saturated carbocycles. The van der Waals surface area contributed by atoms with Gasteiger partial charge in [-0.15, -0.1) is 5.10 Å². The molecule has 35 heavy (non-hydrogen) atoms. The van der Waals surface area contributed by atoms with E-state index in [-0.39, 0.29) is 5.91 Å². The van der Waals surface area contributed by atoms with Crippen LogP contribution in [0.1, 0.15) is 25.8 Å². The molecule has 0 atom stereocenters. The van der Waals surface area contributed by atoms with Gasteiger partial charge in [0.25, 0.3) is 0 Å². The van der Waals surface area contributed by atoms with E-state index in [0.29, 0.717) is 47.4 Å². The fourth-order valence-corrected chi connectivity index (χ4v) is 3.96. The van der Waals surface area contributed by atoms with Gasteiger partial charge in [-0.25, -0.2) is 13.4 Å². The number of carbonyl (C=O) groups excluding carboxylic acids is 1. The monoisotopic (exact) mass is 494 g/mol. The van der Waals surface area contributed by atoms with Crippen LogP contribution in [0.2, 0.25) is 0 Å². The summed E-state index contributed by atoms with van der Waals surface area (Å²) in [5, 5.41) is 14.4. The Morgan fingerprint density at radius 1 is 1.09 bits per heavy atom. The Hall–Kier alpha value is -4.06. The maximum absolute atomic E-state index is 12.0. The normalized spacial score (nSPS) is 11.5. The highest BCUT2D eigenvalue weighted by atomic mass is 32.2. The smallest absolute Gasteiger partial charge is 0.229 e. The first-order valence-electron chi connectivity index (χ1n) is 11.0. The maximum atomic E-state index is 12.0. The quantitative estimate of drug-likeness (QED) is 0.322. The molecule has 0 saturated heterocycles. The zero-order valence-corrected chi connectivity index (χ0v) is 20.4. The number of sulfonamides is 1. The highest BCUT2D eigenvalue weighted by Crippen LogP contribution is 2.21. The van der Waals surface area contributed by atoms with Crippen molar-refractivity contribution < 1.29 is 13.2 Å². The number of rotatable bonds is 9. The van der Waals surface area contributed by atoms with Gasteiger partial charge in [0.05, 0.1) is 23.8 Å². The second kappa shape index (κ2) is 10.1. The molecule has 4 aromatic rings. The molecule has 2 heterocycles. The van der Waals surface area contributed by atoms with Gasteiger partial charge < -0.3 is 10.6 Å². The summed E-state index contributed by atoms with van der Waals surface area (Å²) in [7, 11) is -3.39. The fraction of sp³-hybridized carbons (Fsp3) is 0.261. The molecule has 2 aromatic heterocycles. The standard InChI is InChI=1S/C23H26N8O3S/c1-15(2)10-21(32)24-13-16-6-4-9-19(11-16)31-22-20(28-30-31)14-25-23(27-22)26-17-7-5-8-18(12-17)29-35(3,33)34/h4-9,11-12,14-15,29H,10,13H2,1-3H3,(H,24,32)(H,25,26,27). The average molecular weight is 495 g/mol. The van der Waals surface area contributed by atoms with E-state index in [1.165, 1.54) is 0 Å². The minimum Gasteiger partial charge on any atom is -0.352 e. The third kappa shape index (κ3) is 6.51. The maximum Gasteiger partial charge on any atom is 0.229 e. The summed E-state index contributed by atoms with van der Waals surface area (Å²) in [6, 6.07) is 14.4. The van der Waals surface area contributed by atoms with Gasteiger partial charge in [-0.3, -0.25) is 9.52 Å². The first-order chi connectivity index (χ1) is 16.7. The fourth-order valence-electron chi connectivity index (χ4n) is 3.41. The minimum absolute atomic E-state index is 0.0101. The average Bonchev–Trinajstić information content (AvgIpc) is 3.20. The van der Waals surface area contributed by atoms with Crippen molar-refractivity contribution in [3.05, 3.63) is 60.3 Å². The molecule has 0 radical (unpaired) electrons. The molecule has 12 heteroatoms. The van der Waals surface area contributed by atoms with E-state index >= 15 is 0 Å². The zero-order valence-electron chi connectivity index (χ0n) is 19.6. The van der Waals surface area contributed by atoms with Gasteiger partial charge in [0, 0.05) is 18.7 Å². The molecule has 0 aliphatic rings. The number of carbonyl (C=O) groups is 1. The molecular formula is C23H26N8O3S. The number of hydrogen-bond acceptors (Lipinski definition) is 8. The minimum atomic E-state index is -3.39. The highest BCUT2D eigenvalue weighted by Gasteiger charge is 2.12. The number of anilines is 3. The third-order valence-electron chi connectivity index (χ3n) is 4.85. The zero-order chi connectivity index (χ0) is 25.0. The van der Waals surface area contributed by atoms with Gasteiger partial charge in [0.15, 0.2) is 11.2 Å². The first-order valence-corrected chi connectivity index (χ1v) is 12.8. The largest absolute Gasteiger partial charge is 0.352 e. The number of nitrogens with one attached hydrogen (secondary N) is 3. The molecule has 0 aliphatic heterocycles. The SMILES string of the molecule is CC(C)CC(=O)NCc1cccc(-n2nnc3cnc(Nc4cccc(NS(C)(=O)=O)c4)nc32)c1. The van der Waals surface area contributed by atoms with Crippen LogP contribution in [0.15, 0.2) is 54.7 Å². The number of nitrogens with zero attached hydrogens (tertiary/aromatic N) is 5. The molecule has 2 aromatic carbocycles. The summed E-state index contributed by atoms with van der Waals surface area (Å²) in [6.45, 7) is 4.42. The van der Waals surface area contributed by atoms with Crippen LogP contribution >= 0.6 is 0 Å². The van der Waals surface area contributed by atoms with E-state index in [0.717, 1.165) is 17.5 Å². The number of fused-ring (bicyclic) bond motifs is 1. The van der Waals surface area contributed by atoms with Crippen LogP contribution in [0.25, 0.3) is 16.9 Å². The highest BCUT2D eigenvalue weighted by molar-refractivity contribution is 7.92. The van der Waals surface area contributed by atoms with E-state index < -0.39 is 10.0 Å². The van der Waals surface area contributed by atoms with Crippen LogP contribution in [0.3, 0.4) is 0 Å². The summed E-state index contributed by atoms with van der Waals surface area (Å²) in [5.41, 5.74) is 3.70. The van der Waals surface area contributed by atoms with E-state index in [9.17, 15) is 13.2 Å².